The minimum Gasteiger partial charge on any atom is -0.466 e. The van der Waals surface area contributed by atoms with Gasteiger partial charge in [-0.2, -0.15) is 8.42 Å². The SMILES string of the molecule is CCC[C@H](CCO)C(=O)OCC.CCC[C@H](CCOS(C)(=O)=O)C(=O)OCC.CS(=O)(=O)Cl. The van der Waals surface area contributed by atoms with Crippen molar-refractivity contribution in [2.24, 2.45) is 11.8 Å². The summed E-state index contributed by atoms with van der Waals surface area (Å²) >= 11 is 0. The minimum atomic E-state index is -3.42. The van der Waals surface area contributed by atoms with Crippen molar-refractivity contribution in [3.63, 3.8) is 0 Å². The van der Waals surface area contributed by atoms with Crippen molar-refractivity contribution in [3.8, 4) is 0 Å². The highest BCUT2D eigenvalue weighted by Crippen LogP contribution is 2.14. The first-order chi connectivity index (χ1) is 15.2. The summed E-state index contributed by atoms with van der Waals surface area (Å²) in [6.07, 6.45) is 6.10. The Morgan fingerprint density at radius 3 is 1.42 bits per heavy atom. The van der Waals surface area contributed by atoms with Gasteiger partial charge in [-0.3, -0.25) is 13.8 Å². The molecule has 0 saturated carbocycles. The minimum absolute atomic E-state index is 0.0301. The van der Waals surface area contributed by atoms with E-state index in [2.05, 4.69) is 14.9 Å². The van der Waals surface area contributed by atoms with E-state index < -0.39 is 19.2 Å². The van der Waals surface area contributed by atoms with Gasteiger partial charge >= 0.3 is 11.9 Å². The van der Waals surface area contributed by atoms with E-state index in [9.17, 15) is 26.4 Å². The summed E-state index contributed by atoms with van der Waals surface area (Å²) in [5.74, 6) is -0.832. The van der Waals surface area contributed by atoms with E-state index in [-0.39, 0.29) is 37.0 Å². The quantitative estimate of drug-likeness (QED) is 0.198. The Bertz CT molecular complexity index is 694. The molecule has 200 valence electrons. The van der Waals surface area contributed by atoms with Crippen molar-refractivity contribution in [2.75, 3.05) is 38.9 Å². The van der Waals surface area contributed by atoms with Gasteiger partial charge in [-0.1, -0.05) is 26.7 Å². The molecule has 13 heteroatoms. The van der Waals surface area contributed by atoms with E-state index in [1.807, 2.05) is 13.8 Å². The second-order valence-electron chi connectivity index (χ2n) is 6.98. The van der Waals surface area contributed by atoms with Crippen LogP contribution in [0.25, 0.3) is 0 Å². The number of carbonyl (C=O) groups excluding carboxylic acids is 2. The molecule has 1 N–H and O–H groups in total. The zero-order valence-corrected chi connectivity index (χ0v) is 22.9. The summed E-state index contributed by atoms with van der Waals surface area (Å²) in [6.45, 7) is 8.36. The van der Waals surface area contributed by atoms with Crippen molar-refractivity contribution in [3.05, 3.63) is 0 Å². The van der Waals surface area contributed by atoms with Gasteiger partial charge < -0.3 is 14.6 Å². The van der Waals surface area contributed by atoms with Crippen LogP contribution < -0.4 is 0 Å². The first-order valence-electron chi connectivity index (χ1n) is 10.8. The monoisotopic (exact) mass is 540 g/mol. The van der Waals surface area contributed by atoms with Gasteiger partial charge in [0.15, 0.2) is 0 Å². The van der Waals surface area contributed by atoms with E-state index in [4.69, 9.17) is 14.6 Å². The van der Waals surface area contributed by atoms with Gasteiger partial charge in [0, 0.05) is 17.3 Å². The molecular formula is C20H41ClO10S2. The summed E-state index contributed by atoms with van der Waals surface area (Å²) in [5, 5.41) is 8.67. The van der Waals surface area contributed by atoms with Gasteiger partial charge in [-0.15, -0.1) is 0 Å². The molecule has 0 aliphatic carbocycles. The predicted octanol–water partition coefficient (Wildman–Crippen LogP) is 2.87. The molecule has 0 amide bonds. The molecule has 0 aromatic rings. The highest BCUT2D eigenvalue weighted by atomic mass is 35.7. The van der Waals surface area contributed by atoms with Crippen LogP contribution in [0, 0.1) is 11.8 Å². The summed E-state index contributed by atoms with van der Waals surface area (Å²) in [6, 6.07) is 0. The molecule has 0 radical (unpaired) electrons. The lowest BCUT2D eigenvalue weighted by atomic mass is 10.0. The fraction of sp³-hybridized carbons (Fsp3) is 0.900. The normalized spacial score (nSPS) is 12.8. The van der Waals surface area contributed by atoms with Crippen LogP contribution in [0.1, 0.15) is 66.2 Å². The Morgan fingerprint density at radius 2 is 1.15 bits per heavy atom. The van der Waals surface area contributed by atoms with Crippen LogP contribution in [0.4, 0.5) is 0 Å². The molecule has 33 heavy (non-hydrogen) atoms. The molecule has 0 fully saturated rings. The fourth-order valence-electron chi connectivity index (χ4n) is 2.47. The lowest BCUT2D eigenvalue weighted by Crippen LogP contribution is -2.20. The van der Waals surface area contributed by atoms with Gasteiger partial charge in [0.25, 0.3) is 10.1 Å². The second kappa shape index (κ2) is 21.6. The number of hydrogen-bond donors (Lipinski definition) is 1. The lowest BCUT2D eigenvalue weighted by Gasteiger charge is -2.13. The number of aliphatic hydroxyl groups is 1. The molecule has 0 aliphatic rings. The number of halogens is 1. The molecule has 0 saturated heterocycles. The number of carbonyl (C=O) groups is 2. The van der Waals surface area contributed by atoms with Crippen LogP contribution in [-0.2, 0) is 42.4 Å². The van der Waals surface area contributed by atoms with Gasteiger partial charge in [-0.05, 0) is 39.5 Å². The van der Waals surface area contributed by atoms with Crippen LogP contribution in [-0.4, -0.2) is 72.8 Å². The summed E-state index contributed by atoms with van der Waals surface area (Å²) in [5.41, 5.74) is 0. The van der Waals surface area contributed by atoms with Crippen LogP contribution in [0.2, 0.25) is 0 Å². The maximum Gasteiger partial charge on any atom is 0.309 e. The first kappa shape index (κ1) is 36.6. The molecule has 10 nitrogen and oxygen atoms in total. The summed E-state index contributed by atoms with van der Waals surface area (Å²) in [4.78, 5) is 22.7. The average Bonchev–Trinajstić information content (AvgIpc) is 2.66. The fourth-order valence-corrected chi connectivity index (χ4v) is 2.87. The van der Waals surface area contributed by atoms with Crippen LogP contribution in [0.3, 0.4) is 0 Å². The Balaban J connectivity index is -0.000000465. The molecule has 0 aromatic carbocycles. The zero-order chi connectivity index (χ0) is 26.5. The third kappa shape index (κ3) is 31.0. The number of ether oxygens (including phenoxy) is 2. The lowest BCUT2D eigenvalue weighted by molar-refractivity contribution is -0.149. The van der Waals surface area contributed by atoms with Crippen LogP contribution in [0.5, 0.6) is 0 Å². The molecule has 0 spiro atoms. The molecule has 0 aromatic heterocycles. The van der Waals surface area contributed by atoms with Gasteiger partial charge in [-0.25, -0.2) is 8.42 Å². The Morgan fingerprint density at radius 1 is 0.788 bits per heavy atom. The molecule has 0 rings (SSSR count). The van der Waals surface area contributed by atoms with Crippen molar-refractivity contribution in [1.82, 2.24) is 0 Å². The third-order valence-corrected chi connectivity index (χ3v) is 4.35. The maximum absolute atomic E-state index is 11.5. The zero-order valence-electron chi connectivity index (χ0n) is 20.5. The van der Waals surface area contributed by atoms with Crippen LogP contribution in [0.15, 0.2) is 0 Å². The Hall–Kier alpha value is -0.950. The number of rotatable bonds is 14. The molecule has 0 aliphatic heterocycles. The van der Waals surface area contributed by atoms with Gasteiger partial charge in [0.05, 0.1) is 44.2 Å². The largest absolute Gasteiger partial charge is 0.466 e. The van der Waals surface area contributed by atoms with Gasteiger partial charge in [0.1, 0.15) is 0 Å². The third-order valence-electron chi connectivity index (χ3n) is 3.76. The highest BCUT2D eigenvalue weighted by molar-refractivity contribution is 8.13. The molecule has 0 heterocycles. The molecular weight excluding hydrogens is 500 g/mol. The van der Waals surface area contributed by atoms with E-state index in [1.165, 1.54) is 0 Å². The predicted molar refractivity (Wildman–Crippen MR) is 128 cm³/mol. The standard InChI is InChI=1S/C10H20O5S.C9H18O3.CH3ClO2S/c1-4-6-9(10(11)14-5-2)7-8-15-16(3,12)13;1-3-5-8(6-7-10)9(11)12-4-2;1-5(2,3)4/h9H,4-8H2,1-3H3;8,10H,3-7H2,1-2H3;1H3/t9-;8-;/m11./s1. The van der Waals surface area contributed by atoms with E-state index in [1.54, 1.807) is 13.8 Å². The van der Waals surface area contributed by atoms with Gasteiger partial charge in [0.2, 0.25) is 9.05 Å². The molecule has 0 bridgehead atoms. The molecule has 2 atom stereocenters. The highest BCUT2D eigenvalue weighted by Gasteiger charge is 2.19. The first-order valence-corrected chi connectivity index (χ1v) is 15.4. The number of esters is 2. The number of aliphatic hydroxyl groups excluding tert-OH is 1. The van der Waals surface area contributed by atoms with E-state index in [0.717, 1.165) is 31.8 Å². The Labute approximate surface area is 203 Å². The maximum atomic E-state index is 11.5. The molecule has 0 unspecified atom stereocenters. The van der Waals surface area contributed by atoms with E-state index in [0.29, 0.717) is 32.5 Å². The Kier molecular flexibility index (Phi) is 23.9. The second-order valence-corrected chi connectivity index (χ2v) is 11.7. The van der Waals surface area contributed by atoms with Crippen molar-refractivity contribution in [2.45, 2.75) is 66.2 Å². The van der Waals surface area contributed by atoms with E-state index >= 15 is 0 Å². The summed E-state index contributed by atoms with van der Waals surface area (Å²) in [7, 11) is -2.12. The topological polar surface area (TPSA) is 150 Å². The van der Waals surface area contributed by atoms with Crippen LogP contribution >= 0.6 is 10.7 Å². The average molecular weight is 541 g/mol. The van der Waals surface area contributed by atoms with Crippen molar-refractivity contribution in [1.29, 1.82) is 0 Å². The van der Waals surface area contributed by atoms with Crippen molar-refractivity contribution >= 4 is 41.8 Å². The smallest absolute Gasteiger partial charge is 0.309 e. The van der Waals surface area contributed by atoms with Crippen molar-refractivity contribution < 1.29 is 45.2 Å². The number of hydrogen-bond acceptors (Lipinski definition) is 10. The summed E-state index contributed by atoms with van der Waals surface area (Å²) < 4.78 is 54.6.